The molecule has 0 spiro atoms. The van der Waals surface area contributed by atoms with Crippen LogP contribution in [0.4, 0.5) is 5.82 Å². The minimum absolute atomic E-state index is 0.270. The number of carbonyl (C=O) groups excluding carboxylic acids is 1. The molecule has 5 nitrogen and oxygen atoms in total. The van der Waals surface area contributed by atoms with Gasteiger partial charge in [-0.05, 0) is 48.9 Å². The maximum absolute atomic E-state index is 12.4. The van der Waals surface area contributed by atoms with Gasteiger partial charge in [0, 0.05) is 37.8 Å². The van der Waals surface area contributed by atoms with Crippen LogP contribution in [0, 0.1) is 12.8 Å². The van der Waals surface area contributed by atoms with E-state index < -0.39 is 0 Å². The van der Waals surface area contributed by atoms with Gasteiger partial charge in [-0.3, -0.25) is 9.78 Å². The zero-order chi connectivity index (χ0) is 17.8. The molecule has 0 unspecified atom stereocenters. The Morgan fingerprint density at radius 2 is 2.08 bits per heavy atom. The second kappa shape index (κ2) is 7.72. The second-order valence-corrected chi connectivity index (χ2v) is 7.29. The van der Waals surface area contributed by atoms with Gasteiger partial charge in [0.1, 0.15) is 5.78 Å². The summed E-state index contributed by atoms with van der Waals surface area (Å²) in [5.74, 6) is 2.04. The molecular formula is C20H26N4O. The first-order chi connectivity index (χ1) is 12.0. The minimum atomic E-state index is 0.270. The molecule has 0 radical (unpaired) electrons. The molecule has 25 heavy (non-hydrogen) atoms. The Hall–Kier alpha value is -2.30. The monoisotopic (exact) mass is 338 g/mol. The lowest BCUT2D eigenvalue weighted by Crippen LogP contribution is -2.22. The quantitative estimate of drug-likeness (QED) is 0.808. The Labute approximate surface area is 149 Å². The number of pyridine rings is 1. The van der Waals surface area contributed by atoms with Gasteiger partial charge in [0.2, 0.25) is 0 Å². The van der Waals surface area contributed by atoms with Gasteiger partial charge in [-0.15, -0.1) is 5.10 Å². The summed E-state index contributed by atoms with van der Waals surface area (Å²) in [6, 6.07) is 8.05. The molecular weight excluding hydrogens is 312 g/mol. The molecule has 132 valence electrons. The van der Waals surface area contributed by atoms with E-state index in [1.807, 2.05) is 31.3 Å². The molecule has 2 aromatic heterocycles. The molecule has 1 atom stereocenters. The lowest BCUT2D eigenvalue weighted by Gasteiger charge is -2.16. The van der Waals surface area contributed by atoms with Gasteiger partial charge in [0.05, 0.1) is 5.69 Å². The first kappa shape index (κ1) is 17.5. The summed E-state index contributed by atoms with van der Waals surface area (Å²) in [5, 5.41) is 8.36. The van der Waals surface area contributed by atoms with Crippen molar-refractivity contribution in [1.82, 2.24) is 15.2 Å². The molecule has 1 fully saturated rings. The van der Waals surface area contributed by atoms with Gasteiger partial charge in [0.25, 0.3) is 0 Å². The Kier molecular flexibility index (Phi) is 5.41. The molecule has 5 heteroatoms. The number of anilines is 1. The van der Waals surface area contributed by atoms with Crippen LogP contribution in [0.25, 0.3) is 0 Å². The third kappa shape index (κ3) is 4.62. The summed E-state index contributed by atoms with van der Waals surface area (Å²) in [5.41, 5.74) is 3.00. The first-order valence-electron chi connectivity index (χ1n) is 9.03. The number of nitrogens with zero attached hydrogens (tertiary/aromatic N) is 4. The largest absolute Gasteiger partial charge is 0.355 e. The van der Waals surface area contributed by atoms with E-state index in [0.717, 1.165) is 36.7 Å². The summed E-state index contributed by atoms with van der Waals surface area (Å²) in [6.45, 7) is 8.04. The van der Waals surface area contributed by atoms with Crippen molar-refractivity contribution < 1.29 is 4.79 Å². The number of ketones is 1. The molecule has 0 amide bonds. The Morgan fingerprint density at radius 1 is 1.24 bits per heavy atom. The Bertz CT molecular complexity index is 709. The van der Waals surface area contributed by atoms with Crippen molar-refractivity contribution in [2.24, 2.45) is 5.92 Å². The fraction of sp³-hybridized carbons (Fsp3) is 0.500. The number of hydrogen-bond acceptors (Lipinski definition) is 5. The van der Waals surface area contributed by atoms with Crippen molar-refractivity contribution in [1.29, 1.82) is 0 Å². The number of Topliss-reactive ketones (excluding diaryl/α,β-unsaturated/α-hetero) is 1. The van der Waals surface area contributed by atoms with E-state index in [1.54, 1.807) is 0 Å². The highest BCUT2D eigenvalue weighted by Crippen LogP contribution is 2.24. The number of aryl methyl sites for hydroxylation is 1. The van der Waals surface area contributed by atoms with Crippen molar-refractivity contribution >= 4 is 11.6 Å². The minimum Gasteiger partial charge on any atom is -0.355 e. The van der Waals surface area contributed by atoms with Crippen LogP contribution < -0.4 is 4.90 Å². The first-order valence-corrected chi connectivity index (χ1v) is 9.03. The fourth-order valence-electron chi connectivity index (χ4n) is 3.25. The average molecular weight is 338 g/mol. The van der Waals surface area contributed by atoms with Crippen LogP contribution in [-0.2, 0) is 11.2 Å². The van der Waals surface area contributed by atoms with Crippen LogP contribution in [0.5, 0.6) is 0 Å². The normalized spacial score (nSPS) is 17.3. The van der Waals surface area contributed by atoms with E-state index in [-0.39, 0.29) is 5.78 Å². The van der Waals surface area contributed by atoms with Crippen LogP contribution in [0.1, 0.15) is 49.6 Å². The van der Waals surface area contributed by atoms with E-state index in [1.165, 1.54) is 5.56 Å². The predicted octanol–water partition coefficient (Wildman–Crippen LogP) is 3.33. The SMILES string of the molecule is Cc1ccc(N2CC[C@H](CC(=O)Cc3ccc(C(C)C)cn3)C2)nn1. The van der Waals surface area contributed by atoms with E-state index in [9.17, 15) is 4.79 Å². The molecule has 1 aliphatic heterocycles. The summed E-state index contributed by atoms with van der Waals surface area (Å²) < 4.78 is 0. The molecule has 3 rings (SSSR count). The number of aromatic nitrogens is 3. The molecule has 0 aromatic carbocycles. The van der Waals surface area contributed by atoms with Crippen molar-refractivity contribution in [2.45, 2.75) is 46.0 Å². The lowest BCUT2D eigenvalue weighted by molar-refractivity contribution is -0.119. The van der Waals surface area contributed by atoms with Crippen molar-refractivity contribution in [3.8, 4) is 0 Å². The second-order valence-electron chi connectivity index (χ2n) is 7.29. The highest BCUT2D eigenvalue weighted by molar-refractivity contribution is 5.80. The molecule has 2 aromatic rings. The Balaban J connectivity index is 1.51. The Morgan fingerprint density at radius 3 is 2.72 bits per heavy atom. The van der Waals surface area contributed by atoms with E-state index in [2.05, 4.69) is 40.0 Å². The predicted molar refractivity (Wildman–Crippen MR) is 98.7 cm³/mol. The summed E-state index contributed by atoms with van der Waals surface area (Å²) in [7, 11) is 0. The zero-order valence-electron chi connectivity index (χ0n) is 15.3. The van der Waals surface area contributed by atoms with Crippen LogP contribution >= 0.6 is 0 Å². The van der Waals surface area contributed by atoms with Crippen LogP contribution in [0.15, 0.2) is 30.5 Å². The molecule has 1 aliphatic rings. The third-order valence-corrected chi connectivity index (χ3v) is 4.80. The fourth-order valence-corrected chi connectivity index (χ4v) is 3.25. The molecule has 0 N–H and O–H groups in total. The van der Waals surface area contributed by atoms with Gasteiger partial charge in [-0.25, -0.2) is 0 Å². The van der Waals surface area contributed by atoms with E-state index in [0.29, 0.717) is 24.7 Å². The summed E-state index contributed by atoms with van der Waals surface area (Å²) in [4.78, 5) is 19.0. The van der Waals surface area contributed by atoms with Crippen LogP contribution in [0.3, 0.4) is 0 Å². The van der Waals surface area contributed by atoms with Gasteiger partial charge < -0.3 is 4.90 Å². The zero-order valence-corrected chi connectivity index (χ0v) is 15.3. The number of rotatable bonds is 6. The molecule has 0 saturated carbocycles. The molecule has 0 aliphatic carbocycles. The lowest BCUT2D eigenvalue weighted by atomic mass is 9.99. The number of carbonyl (C=O) groups is 1. The third-order valence-electron chi connectivity index (χ3n) is 4.80. The topological polar surface area (TPSA) is 59.0 Å². The van der Waals surface area contributed by atoms with E-state index >= 15 is 0 Å². The number of hydrogen-bond donors (Lipinski definition) is 0. The van der Waals surface area contributed by atoms with Crippen molar-refractivity contribution in [2.75, 3.05) is 18.0 Å². The van der Waals surface area contributed by atoms with Gasteiger partial charge >= 0.3 is 0 Å². The maximum atomic E-state index is 12.4. The highest BCUT2D eigenvalue weighted by atomic mass is 16.1. The maximum Gasteiger partial charge on any atom is 0.151 e. The molecule has 1 saturated heterocycles. The van der Waals surface area contributed by atoms with Gasteiger partial charge in [0.15, 0.2) is 5.82 Å². The summed E-state index contributed by atoms with van der Waals surface area (Å²) >= 11 is 0. The van der Waals surface area contributed by atoms with Crippen molar-refractivity contribution in [3.05, 3.63) is 47.4 Å². The van der Waals surface area contributed by atoms with E-state index in [4.69, 9.17) is 0 Å². The van der Waals surface area contributed by atoms with Crippen LogP contribution in [-0.4, -0.2) is 34.1 Å². The van der Waals surface area contributed by atoms with Gasteiger partial charge in [-0.2, -0.15) is 5.10 Å². The summed E-state index contributed by atoms with van der Waals surface area (Å²) in [6.07, 6.45) is 3.96. The van der Waals surface area contributed by atoms with Crippen LogP contribution in [0.2, 0.25) is 0 Å². The van der Waals surface area contributed by atoms with Gasteiger partial charge in [-0.1, -0.05) is 19.9 Å². The van der Waals surface area contributed by atoms with Crippen molar-refractivity contribution in [3.63, 3.8) is 0 Å². The molecule has 0 bridgehead atoms. The smallest absolute Gasteiger partial charge is 0.151 e. The molecule has 3 heterocycles. The standard InChI is InChI=1S/C20H26N4O/c1-14(2)17-5-6-18(21-12-17)11-19(25)10-16-8-9-24(13-16)20-7-4-15(3)22-23-20/h4-7,12,14,16H,8-11,13H2,1-3H3/t16-/m1/s1. The highest BCUT2D eigenvalue weighted by Gasteiger charge is 2.25. The average Bonchev–Trinajstić information content (AvgIpc) is 3.04.